The molecule has 1 aromatic heterocycles. The summed E-state index contributed by atoms with van der Waals surface area (Å²) in [6.07, 6.45) is 0. The van der Waals surface area contributed by atoms with Crippen LogP contribution in [-0.4, -0.2) is 20.7 Å². The van der Waals surface area contributed by atoms with Gasteiger partial charge in [0.2, 0.25) is 0 Å². The summed E-state index contributed by atoms with van der Waals surface area (Å²) < 4.78 is 0. The number of hydrogen-bond donors (Lipinski definition) is 1. The molecule has 0 unspecified atom stereocenters. The molecule has 10 heteroatoms. The minimum atomic E-state index is -0.736. The first-order valence-corrected chi connectivity index (χ1v) is 11.0. The third-order valence-electron chi connectivity index (χ3n) is 5.21. The van der Waals surface area contributed by atoms with E-state index in [9.17, 15) is 25.0 Å². The van der Waals surface area contributed by atoms with Crippen LogP contribution in [0.3, 0.4) is 0 Å². The van der Waals surface area contributed by atoms with Crippen LogP contribution in [0.4, 0.5) is 11.4 Å². The summed E-state index contributed by atoms with van der Waals surface area (Å²) in [5.74, 6) is -0.641. The van der Waals surface area contributed by atoms with Gasteiger partial charge in [0.05, 0.1) is 21.1 Å². The summed E-state index contributed by atoms with van der Waals surface area (Å²) in [5.41, 5.74) is 2.39. The Morgan fingerprint density at radius 2 is 1.59 bits per heavy atom. The van der Waals surface area contributed by atoms with Crippen LogP contribution in [0.2, 0.25) is 0 Å². The number of aromatic nitrogens is 1. The number of nitro benzene ring substituents is 2. The van der Waals surface area contributed by atoms with E-state index in [4.69, 9.17) is 4.98 Å². The SMILES string of the molecule is Cc1c([N+](=O)[O-])cc(C(=O)NCc2cccc(-c3nc(-c4ccccc4)cs3)c2)cc1[N+](=O)[O-]. The van der Waals surface area contributed by atoms with E-state index in [0.717, 1.165) is 39.5 Å². The van der Waals surface area contributed by atoms with Gasteiger partial charge in [0.25, 0.3) is 17.3 Å². The lowest BCUT2D eigenvalue weighted by molar-refractivity contribution is -0.395. The molecule has 0 spiro atoms. The zero-order chi connectivity index (χ0) is 24.2. The third-order valence-corrected chi connectivity index (χ3v) is 6.10. The minimum absolute atomic E-state index is 0.0995. The Morgan fingerprint density at radius 1 is 0.941 bits per heavy atom. The molecule has 0 radical (unpaired) electrons. The van der Waals surface area contributed by atoms with E-state index in [0.29, 0.717) is 0 Å². The highest BCUT2D eigenvalue weighted by Crippen LogP contribution is 2.30. The fourth-order valence-electron chi connectivity index (χ4n) is 3.44. The van der Waals surface area contributed by atoms with Gasteiger partial charge in [-0.25, -0.2) is 4.98 Å². The van der Waals surface area contributed by atoms with Gasteiger partial charge in [-0.3, -0.25) is 25.0 Å². The second-order valence-electron chi connectivity index (χ2n) is 7.44. The molecular weight excluding hydrogens is 456 g/mol. The van der Waals surface area contributed by atoms with Crippen molar-refractivity contribution in [1.29, 1.82) is 0 Å². The van der Waals surface area contributed by atoms with Gasteiger partial charge in [0.15, 0.2) is 0 Å². The van der Waals surface area contributed by atoms with Gasteiger partial charge in [0.1, 0.15) is 10.6 Å². The smallest absolute Gasteiger partial charge is 0.279 e. The number of amides is 1. The Balaban J connectivity index is 1.52. The van der Waals surface area contributed by atoms with E-state index in [1.165, 1.54) is 18.3 Å². The molecular formula is C24H18N4O5S. The first-order chi connectivity index (χ1) is 16.3. The molecule has 0 fully saturated rings. The van der Waals surface area contributed by atoms with E-state index in [2.05, 4.69) is 5.32 Å². The van der Waals surface area contributed by atoms with Gasteiger partial charge in [0, 0.05) is 35.2 Å². The number of nitrogens with zero attached hydrogens (tertiary/aromatic N) is 3. The standard InChI is InChI=1S/C24H18N4O5S/c1-15-21(27(30)31)11-19(12-22(15)28(32)33)23(29)25-13-16-6-5-9-18(10-16)24-26-20(14-34-24)17-7-3-2-4-8-17/h2-12,14H,13H2,1H3,(H,25,29). The Bertz CT molecular complexity index is 1370. The molecule has 0 atom stereocenters. The monoisotopic (exact) mass is 474 g/mol. The van der Waals surface area contributed by atoms with Crippen molar-refractivity contribution in [2.24, 2.45) is 0 Å². The lowest BCUT2D eigenvalue weighted by atomic mass is 10.1. The third kappa shape index (κ3) is 4.81. The minimum Gasteiger partial charge on any atom is -0.348 e. The highest BCUT2D eigenvalue weighted by molar-refractivity contribution is 7.13. The molecule has 1 N–H and O–H groups in total. The van der Waals surface area contributed by atoms with E-state index >= 15 is 0 Å². The molecule has 9 nitrogen and oxygen atoms in total. The van der Waals surface area contributed by atoms with E-state index in [-0.39, 0.29) is 17.7 Å². The Labute approximate surface area is 198 Å². The molecule has 0 aliphatic rings. The van der Waals surface area contributed by atoms with Gasteiger partial charge in [-0.15, -0.1) is 11.3 Å². The zero-order valence-corrected chi connectivity index (χ0v) is 18.7. The molecule has 34 heavy (non-hydrogen) atoms. The van der Waals surface area contributed by atoms with Crippen molar-refractivity contribution in [2.45, 2.75) is 13.5 Å². The Kier molecular flexibility index (Phi) is 6.42. The normalized spacial score (nSPS) is 10.6. The fraction of sp³-hybridized carbons (Fsp3) is 0.0833. The maximum absolute atomic E-state index is 12.6. The van der Waals surface area contributed by atoms with Crippen LogP contribution in [-0.2, 0) is 6.54 Å². The number of carbonyl (C=O) groups is 1. The second-order valence-corrected chi connectivity index (χ2v) is 8.30. The average Bonchev–Trinajstić information content (AvgIpc) is 3.33. The lowest BCUT2D eigenvalue weighted by Crippen LogP contribution is -2.23. The van der Waals surface area contributed by atoms with Crippen molar-refractivity contribution in [3.8, 4) is 21.8 Å². The number of nitro groups is 2. The second kappa shape index (κ2) is 9.59. The van der Waals surface area contributed by atoms with Crippen molar-refractivity contribution in [2.75, 3.05) is 0 Å². The van der Waals surface area contributed by atoms with Crippen LogP contribution in [0, 0.1) is 27.2 Å². The van der Waals surface area contributed by atoms with Gasteiger partial charge in [-0.1, -0.05) is 48.5 Å². The van der Waals surface area contributed by atoms with Gasteiger partial charge < -0.3 is 5.32 Å². The van der Waals surface area contributed by atoms with Gasteiger partial charge >= 0.3 is 0 Å². The highest BCUT2D eigenvalue weighted by atomic mass is 32.1. The van der Waals surface area contributed by atoms with Crippen molar-refractivity contribution in [3.05, 3.63) is 109 Å². The van der Waals surface area contributed by atoms with Crippen LogP contribution in [0.5, 0.6) is 0 Å². The van der Waals surface area contributed by atoms with Gasteiger partial charge in [-0.05, 0) is 18.6 Å². The molecule has 1 amide bonds. The Hall–Kier alpha value is -4.44. The summed E-state index contributed by atoms with van der Waals surface area (Å²) in [5, 5.41) is 28.0. The summed E-state index contributed by atoms with van der Waals surface area (Å²) in [4.78, 5) is 38.4. The predicted molar refractivity (Wildman–Crippen MR) is 129 cm³/mol. The quantitative estimate of drug-likeness (QED) is 0.277. The van der Waals surface area contributed by atoms with Crippen molar-refractivity contribution in [1.82, 2.24) is 10.3 Å². The molecule has 170 valence electrons. The maximum Gasteiger partial charge on any atom is 0.279 e. The first-order valence-electron chi connectivity index (χ1n) is 10.2. The van der Waals surface area contributed by atoms with E-state index < -0.39 is 27.1 Å². The maximum atomic E-state index is 12.6. The van der Waals surface area contributed by atoms with Crippen molar-refractivity contribution in [3.63, 3.8) is 0 Å². The first kappa shape index (κ1) is 22.7. The average molecular weight is 474 g/mol. The molecule has 0 saturated heterocycles. The highest BCUT2D eigenvalue weighted by Gasteiger charge is 2.25. The molecule has 1 heterocycles. The van der Waals surface area contributed by atoms with Crippen LogP contribution < -0.4 is 5.32 Å². The Morgan fingerprint density at radius 3 is 2.24 bits per heavy atom. The fourth-order valence-corrected chi connectivity index (χ4v) is 4.27. The molecule has 0 aliphatic heterocycles. The van der Waals surface area contributed by atoms with Crippen LogP contribution >= 0.6 is 11.3 Å². The summed E-state index contributed by atoms with van der Waals surface area (Å²) in [6, 6.07) is 19.4. The van der Waals surface area contributed by atoms with Crippen LogP contribution in [0.1, 0.15) is 21.5 Å². The number of thiazole rings is 1. The topological polar surface area (TPSA) is 128 Å². The number of carbonyl (C=O) groups excluding carboxylic acids is 1. The summed E-state index contributed by atoms with van der Waals surface area (Å²) in [6.45, 7) is 1.42. The van der Waals surface area contributed by atoms with Crippen molar-refractivity contribution < 1.29 is 14.6 Å². The largest absolute Gasteiger partial charge is 0.348 e. The molecule has 3 aromatic carbocycles. The zero-order valence-electron chi connectivity index (χ0n) is 17.9. The van der Waals surface area contributed by atoms with Gasteiger partial charge in [-0.2, -0.15) is 0 Å². The van der Waals surface area contributed by atoms with E-state index in [1.807, 2.05) is 60.0 Å². The predicted octanol–water partition coefficient (Wildman–Crippen LogP) is 5.53. The van der Waals surface area contributed by atoms with Crippen molar-refractivity contribution >= 4 is 28.6 Å². The number of hydrogen-bond acceptors (Lipinski definition) is 7. The molecule has 4 aromatic rings. The molecule has 0 bridgehead atoms. The summed E-state index contributed by atoms with van der Waals surface area (Å²) >= 11 is 1.51. The summed E-state index contributed by atoms with van der Waals surface area (Å²) in [7, 11) is 0. The lowest BCUT2D eigenvalue weighted by Gasteiger charge is -2.08. The molecule has 0 aliphatic carbocycles. The molecule has 4 rings (SSSR count). The van der Waals surface area contributed by atoms with Crippen LogP contribution in [0.15, 0.2) is 72.1 Å². The number of benzene rings is 3. The van der Waals surface area contributed by atoms with E-state index in [1.54, 1.807) is 0 Å². The van der Waals surface area contributed by atoms with Crippen LogP contribution in [0.25, 0.3) is 21.8 Å². The number of rotatable bonds is 7. The molecule has 0 saturated carbocycles. The number of nitrogens with one attached hydrogen (secondary N) is 1.